The van der Waals surface area contributed by atoms with Crippen molar-refractivity contribution in [3.63, 3.8) is 0 Å². The first-order valence-electron chi connectivity index (χ1n) is 5.76. The van der Waals surface area contributed by atoms with Crippen molar-refractivity contribution in [1.29, 1.82) is 0 Å². The van der Waals surface area contributed by atoms with Crippen LogP contribution in [0.4, 0.5) is 11.4 Å². The molecule has 1 heterocycles. The standard InChI is InChI=1S/C13H9Br2N3O3/c1-7-4-8(6-16-12(7)15)17-13(19)10-5-9(18(20)21)2-3-11(10)14/h2-6H,1H3,(H,17,19). The molecule has 2 aromatic rings. The fourth-order valence-electron chi connectivity index (χ4n) is 1.63. The van der Waals surface area contributed by atoms with Gasteiger partial charge in [-0.1, -0.05) is 0 Å². The van der Waals surface area contributed by atoms with Crippen LogP contribution in [0.3, 0.4) is 0 Å². The third-order valence-corrected chi connectivity index (χ3v) is 4.20. The first-order chi connectivity index (χ1) is 9.88. The second-order valence-electron chi connectivity index (χ2n) is 4.21. The summed E-state index contributed by atoms with van der Waals surface area (Å²) in [6.07, 6.45) is 1.50. The second kappa shape index (κ2) is 6.31. The molecule has 0 saturated carbocycles. The summed E-state index contributed by atoms with van der Waals surface area (Å²) in [6, 6.07) is 5.77. The van der Waals surface area contributed by atoms with Crippen LogP contribution in [0, 0.1) is 17.0 Å². The number of pyridine rings is 1. The van der Waals surface area contributed by atoms with E-state index in [1.54, 1.807) is 6.07 Å². The first kappa shape index (κ1) is 15.6. The molecule has 0 saturated heterocycles. The Balaban J connectivity index is 2.29. The number of nitro benzene ring substituents is 1. The molecule has 1 amide bonds. The molecule has 0 bridgehead atoms. The van der Waals surface area contributed by atoms with Gasteiger partial charge in [-0.15, -0.1) is 0 Å². The lowest BCUT2D eigenvalue weighted by Gasteiger charge is -2.08. The molecular formula is C13H9Br2N3O3. The van der Waals surface area contributed by atoms with E-state index in [4.69, 9.17) is 0 Å². The highest BCUT2D eigenvalue weighted by molar-refractivity contribution is 9.10. The van der Waals surface area contributed by atoms with Crippen molar-refractivity contribution in [3.05, 3.63) is 60.8 Å². The summed E-state index contributed by atoms with van der Waals surface area (Å²) in [7, 11) is 0. The number of halogens is 2. The number of aryl methyl sites for hydroxylation is 1. The summed E-state index contributed by atoms with van der Waals surface area (Å²) in [5.41, 5.74) is 1.42. The minimum Gasteiger partial charge on any atom is -0.321 e. The average Bonchev–Trinajstić information content (AvgIpc) is 2.43. The molecule has 1 N–H and O–H groups in total. The van der Waals surface area contributed by atoms with Gasteiger partial charge in [0.05, 0.1) is 22.4 Å². The molecule has 0 aliphatic heterocycles. The summed E-state index contributed by atoms with van der Waals surface area (Å²) in [5.74, 6) is -0.450. The van der Waals surface area contributed by atoms with E-state index < -0.39 is 10.8 Å². The first-order valence-corrected chi connectivity index (χ1v) is 7.34. The lowest BCUT2D eigenvalue weighted by atomic mass is 10.2. The molecule has 0 aliphatic rings. The zero-order valence-corrected chi connectivity index (χ0v) is 13.9. The molecule has 1 aromatic heterocycles. The van der Waals surface area contributed by atoms with Gasteiger partial charge >= 0.3 is 0 Å². The number of nitro groups is 1. The Morgan fingerprint density at radius 3 is 2.67 bits per heavy atom. The Kier molecular flexibility index (Phi) is 4.69. The average molecular weight is 415 g/mol. The van der Waals surface area contributed by atoms with Gasteiger partial charge in [0.15, 0.2) is 0 Å². The molecule has 0 radical (unpaired) electrons. The van der Waals surface area contributed by atoms with Gasteiger partial charge in [-0.25, -0.2) is 4.98 Å². The van der Waals surface area contributed by atoms with E-state index in [1.165, 1.54) is 24.4 Å². The van der Waals surface area contributed by atoms with Crippen LogP contribution >= 0.6 is 31.9 Å². The van der Waals surface area contributed by atoms with Crippen LogP contribution in [0.15, 0.2) is 39.5 Å². The zero-order valence-electron chi connectivity index (χ0n) is 10.8. The zero-order chi connectivity index (χ0) is 15.6. The highest BCUT2D eigenvalue weighted by Crippen LogP contribution is 2.24. The van der Waals surface area contributed by atoms with E-state index >= 15 is 0 Å². The van der Waals surface area contributed by atoms with Crippen molar-refractivity contribution in [2.45, 2.75) is 6.92 Å². The van der Waals surface area contributed by atoms with Gasteiger partial charge in [0, 0.05) is 16.6 Å². The van der Waals surface area contributed by atoms with E-state index in [9.17, 15) is 14.9 Å². The van der Waals surface area contributed by atoms with Gasteiger partial charge in [0.2, 0.25) is 0 Å². The van der Waals surface area contributed by atoms with E-state index in [2.05, 4.69) is 42.2 Å². The van der Waals surface area contributed by atoms with Gasteiger partial charge in [-0.2, -0.15) is 0 Å². The van der Waals surface area contributed by atoms with E-state index in [0.29, 0.717) is 14.8 Å². The molecule has 2 rings (SSSR count). The van der Waals surface area contributed by atoms with E-state index in [-0.39, 0.29) is 11.3 Å². The van der Waals surface area contributed by atoms with Gasteiger partial charge in [-0.05, 0) is 56.5 Å². The Hall–Kier alpha value is -1.80. The third-order valence-electron chi connectivity index (χ3n) is 2.68. The largest absolute Gasteiger partial charge is 0.321 e. The van der Waals surface area contributed by atoms with Crippen molar-refractivity contribution in [2.75, 3.05) is 5.32 Å². The quantitative estimate of drug-likeness (QED) is 0.465. The summed E-state index contributed by atoms with van der Waals surface area (Å²) >= 11 is 6.48. The van der Waals surface area contributed by atoms with Gasteiger partial charge in [0.1, 0.15) is 4.60 Å². The van der Waals surface area contributed by atoms with E-state index in [0.717, 1.165) is 5.56 Å². The lowest BCUT2D eigenvalue weighted by molar-refractivity contribution is -0.384. The number of rotatable bonds is 3. The summed E-state index contributed by atoms with van der Waals surface area (Å²) in [6.45, 7) is 1.84. The highest BCUT2D eigenvalue weighted by atomic mass is 79.9. The van der Waals surface area contributed by atoms with E-state index in [1.807, 2.05) is 6.92 Å². The number of anilines is 1. The number of nitrogens with one attached hydrogen (secondary N) is 1. The maximum Gasteiger partial charge on any atom is 0.270 e. The fraction of sp³-hybridized carbons (Fsp3) is 0.0769. The van der Waals surface area contributed by atoms with Crippen LogP contribution in [0.25, 0.3) is 0 Å². The van der Waals surface area contributed by atoms with Crippen LogP contribution in [0.1, 0.15) is 15.9 Å². The summed E-state index contributed by atoms with van der Waals surface area (Å²) in [4.78, 5) is 26.5. The van der Waals surface area contributed by atoms with Crippen LogP contribution in [-0.4, -0.2) is 15.8 Å². The molecule has 0 aliphatic carbocycles. The molecule has 0 spiro atoms. The van der Waals surface area contributed by atoms with Crippen LogP contribution in [-0.2, 0) is 0 Å². The predicted molar refractivity (Wildman–Crippen MR) is 85.4 cm³/mol. The normalized spacial score (nSPS) is 10.2. The highest BCUT2D eigenvalue weighted by Gasteiger charge is 2.16. The van der Waals surface area contributed by atoms with Crippen molar-refractivity contribution < 1.29 is 9.72 Å². The van der Waals surface area contributed by atoms with Crippen molar-refractivity contribution >= 4 is 49.1 Å². The Morgan fingerprint density at radius 1 is 1.33 bits per heavy atom. The molecule has 21 heavy (non-hydrogen) atoms. The number of benzene rings is 1. The Morgan fingerprint density at radius 2 is 2.05 bits per heavy atom. The van der Waals surface area contributed by atoms with Gasteiger partial charge in [-0.3, -0.25) is 14.9 Å². The molecule has 0 unspecified atom stereocenters. The van der Waals surface area contributed by atoms with Crippen molar-refractivity contribution in [1.82, 2.24) is 4.98 Å². The predicted octanol–water partition coefficient (Wildman–Crippen LogP) is 4.08. The number of aromatic nitrogens is 1. The van der Waals surface area contributed by atoms with Gasteiger partial charge in [0.25, 0.3) is 11.6 Å². The number of non-ortho nitro benzene ring substituents is 1. The molecule has 1 aromatic carbocycles. The van der Waals surface area contributed by atoms with Crippen LogP contribution in [0.5, 0.6) is 0 Å². The van der Waals surface area contributed by atoms with Gasteiger partial charge < -0.3 is 5.32 Å². The molecule has 0 fully saturated rings. The third kappa shape index (κ3) is 3.64. The lowest BCUT2D eigenvalue weighted by Crippen LogP contribution is -2.13. The monoisotopic (exact) mass is 413 g/mol. The Labute approximate surface area is 137 Å². The van der Waals surface area contributed by atoms with Crippen molar-refractivity contribution in [2.24, 2.45) is 0 Å². The molecule has 8 heteroatoms. The summed E-state index contributed by atoms with van der Waals surface area (Å²) in [5, 5.41) is 13.4. The number of carbonyl (C=O) groups excluding carboxylic acids is 1. The SMILES string of the molecule is Cc1cc(NC(=O)c2cc([N+](=O)[O-])ccc2Br)cnc1Br. The molecule has 0 atom stereocenters. The number of hydrogen-bond acceptors (Lipinski definition) is 4. The Bertz CT molecular complexity index is 735. The number of carbonyl (C=O) groups is 1. The van der Waals surface area contributed by atoms with Crippen molar-refractivity contribution in [3.8, 4) is 0 Å². The fourth-order valence-corrected chi connectivity index (χ4v) is 2.27. The number of hydrogen-bond donors (Lipinski definition) is 1. The number of amides is 1. The topological polar surface area (TPSA) is 85.1 Å². The molecule has 108 valence electrons. The molecular weight excluding hydrogens is 406 g/mol. The van der Waals surface area contributed by atoms with Crippen LogP contribution in [0.2, 0.25) is 0 Å². The maximum absolute atomic E-state index is 12.2. The smallest absolute Gasteiger partial charge is 0.270 e. The summed E-state index contributed by atoms with van der Waals surface area (Å²) < 4.78 is 1.17. The molecule has 6 nitrogen and oxygen atoms in total. The van der Waals surface area contributed by atoms with Crippen LogP contribution < -0.4 is 5.32 Å². The maximum atomic E-state index is 12.2. The number of nitrogens with zero attached hydrogens (tertiary/aromatic N) is 2. The minimum atomic E-state index is -0.547. The minimum absolute atomic E-state index is 0.145. The second-order valence-corrected chi connectivity index (χ2v) is 5.81.